The second kappa shape index (κ2) is 16.5. The van der Waals surface area contributed by atoms with Gasteiger partial charge in [0.25, 0.3) is 0 Å². The molecular weight excluding hydrogens is 857 g/mol. The van der Waals surface area contributed by atoms with Gasteiger partial charge in [-0.15, -0.1) is 0 Å². The number of benzene rings is 12. The van der Waals surface area contributed by atoms with Crippen molar-refractivity contribution in [2.24, 2.45) is 0 Å². The number of para-hydroxylation sites is 2. The first kappa shape index (κ1) is 40.8. The van der Waals surface area contributed by atoms with Crippen molar-refractivity contribution in [1.82, 2.24) is 4.57 Å². The van der Waals surface area contributed by atoms with Crippen molar-refractivity contribution in [3.8, 4) is 39.1 Å². The minimum absolute atomic E-state index is 0.482. The van der Waals surface area contributed by atoms with Crippen LogP contribution in [0.3, 0.4) is 0 Å². The van der Waals surface area contributed by atoms with Crippen molar-refractivity contribution >= 4 is 60.4 Å². The molecule has 0 radical (unpaired) electrons. The molecule has 0 aliphatic heterocycles. The predicted molar refractivity (Wildman–Crippen MR) is 299 cm³/mol. The Bertz CT molecular complexity index is 4080. The normalized spacial score (nSPS) is 12.6. The molecule has 0 fully saturated rings. The highest BCUT2D eigenvalue weighted by molar-refractivity contribution is 6.32. The summed E-state index contributed by atoms with van der Waals surface area (Å²) in [5, 5.41) is 7.52. The summed E-state index contributed by atoms with van der Waals surface area (Å²) in [6, 6.07) is 103. The molecule has 0 atom stereocenters. The summed E-state index contributed by atoms with van der Waals surface area (Å²) in [6.07, 6.45) is 0. The minimum atomic E-state index is -0.482. The van der Waals surface area contributed by atoms with Gasteiger partial charge < -0.3 is 9.47 Å². The van der Waals surface area contributed by atoms with E-state index in [0.717, 1.165) is 33.9 Å². The fourth-order valence-electron chi connectivity index (χ4n) is 12.1. The topological polar surface area (TPSA) is 8.17 Å². The lowest BCUT2D eigenvalue weighted by molar-refractivity contribution is 0.768. The Morgan fingerprint density at radius 2 is 0.789 bits per heavy atom. The van der Waals surface area contributed by atoms with E-state index >= 15 is 0 Å². The highest BCUT2D eigenvalue weighted by Crippen LogP contribution is 2.57. The molecule has 2 nitrogen and oxygen atoms in total. The van der Waals surface area contributed by atoms with E-state index in [0.29, 0.717) is 0 Å². The molecule has 0 bridgehead atoms. The van der Waals surface area contributed by atoms with Crippen molar-refractivity contribution in [1.29, 1.82) is 0 Å². The maximum Gasteiger partial charge on any atom is 0.0713 e. The van der Waals surface area contributed by atoms with Gasteiger partial charge >= 0.3 is 0 Å². The molecule has 0 saturated carbocycles. The van der Waals surface area contributed by atoms with Gasteiger partial charge in [0.05, 0.1) is 16.4 Å². The zero-order chi connectivity index (χ0) is 46.9. The fraction of sp³-hybridized carbons (Fsp3) is 0.0145. The summed E-state index contributed by atoms with van der Waals surface area (Å²) < 4.78 is 2.57. The van der Waals surface area contributed by atoms with Gasteiger partial charge in [-0.25, -0.2) is 0 Å². The Kier molecular flexibility index (Phi) is 9.47. The van der Waals surface area contributed by atoms with Crippen LogP contribution >= 0.6 is 0 Å². The number of hydrogen-bond acceptors (Lipinski definition) is 1. The van der Waals surface area contributed by atoms with Crippen LogP contribution in [0, 0.1) is 0 Å². The summed E-state index contributed by atoms with van der Waals surface area (Å²) >= 11 is 0. The zero-order valence-electron chi connectivity index (χ0n) is 39.0. The molecule has 1 aromatic heterocycles. The maximum atomic E-state index is 2.57. The van der Waals surface area contributed by atoms with E-state index in [-0.39, 0.29) is 0 Å². The number of aromatic nitrogens is 1. The Labute approximate surface area is 413 Å². The summed E-state index contributed by atoms with van der Waals surface area (Å²) in [5.74, 6) is 0. The van der Waals surface area contributed by atoms with Crippen molar-refractivity contribution in [3.05, 3.63) is 301 Å². The van der Waals surface area contributed by atoms with Gasteiger partial charge in [-0.3, -0.25) is 0 Å². The molecule has 0 unspecified atom stereocenters. The van der Waals surface area contributed by atoms with E-state index in [2.05, 4.69) is 289 Å². The minimum Gasteiger partial charge on any atom is -0.310 e. The molecule has 332 valence electrons. The average molecular weight is 903 g/mol. The molecule has 71 heavy (non-hydrogen) atoms. The number of hydrogen-bond donors (Lipinski definition) is 0. The average Bonchev–Trinajstić information content (AvgIpc) is 3.95. The third-order valence-corrected chi connectivity index (χ3v) is 15.0. The van der Waals surface area contributed by atoms with E-state index in [1.807, 2.05) is 0 Å². The standard InChI is InChI=1S/C69H46N2/c1-5-23-49(24-6-1)69(50-25-7-2-8-26-50)64-39-20-19-36-59(64)63-46-54(41-43-65(63)69)71-66-45-48(40-42-62(66)67-60-37-17-15-34-57(60)58-35-16-18-38-61(58)68(67)71)56-33-14-13-32-55(56)47-22-21-31-53(44-47)70(51-27-9-3-10-28-51)52-29-11-4-12-30-52/h1-46H. The second-order valence-electron chi connectivity index (χ2n) is 18.7. The Morgan fingerprint density at radius 1 is 0.296 bits per heavy atom. The summed E-state index contributed by atoms with van der Waals surface area (Å²) in [6.45, 7) is 0. The highest BCUT2D eigenvalue weighted by atomic mass is 15.1. The number of rotatable bonds is 8. The van der Waals surface area contributed by atoms with E-state index in [1.165, 1.54) is 87.9 Å². The SMILES string of the molecule is c1ccc(N(c2ccccc2)c2cccc(-c3ccccc3-c3ccc4c5c6ccccc6c6ccccc6c5n(-c5ccc6c(c5)-c5ccccc5C6(c5ccccc5)c5ccccc5)c4c3)c2)cc1. The van der Waals surface area contributed by atoms with Crippen LogP contribution in [-0.4, -0.2) is 4.57 Å². The van der Waals surface area contributed by atoms with Crippen molar-refractivity contribution in [3.63, 3.8) is 0 Å². The van der Waals surface area contributed by atoms with Gasteiger partial charge in [-0.2, -0.15) is 0 Å². The fourth-order valence-corrected chi connectivity index (χ4v) is 12.1. The van der Waals surface area contributed by atoms with Gasteiger partial charge in [-0.1, -0.05) is 224 Å². The largest absolute Gasteiger partial charge is 0.310 e. The van der Waals surface area contributed by atoms with Crippen LogP contribution in [0.5, 0.6) is 0 Å². The lowest BCUT2D eigenvalue weighted by atomic mass is 9.68. The Balaban J connectivity index is 1.02. The zero-order valence-corrected chi connectivity index (χ0v) is 39.0. The molecule has 12 aromatic carbocycles. The van der Waals surface area contributed by atoms with Crippen LogP contribution in [-0.2, 0) is 5.41 Å². The molecule has 1 heterocycles. The van der Waals surface area contributed by atoms with Crippen LogP contribution in [0.2, 0.25) is 0 Å². The monoisotopic (exact) mass is 902 g/mol. The lowest BCUT2D eigenvalue weighted by Crippen LogP contribution is -2.28. The second-order valence-corrected chi connectivity index (χ2v) is 18.7. The summed E-state index contributed by atoms with van der Waals surface area (Å²) in [7, 11) is 0. The molecule has 14 rings (SSSR count). The first-order valence-electron chi connectivity index (χ1n) is 24.6. The molecule has 2 heteroatoms. The number of fused-ring (bicyclic) bond motifs is 11. The smallest absolute Gasteiger partial charge is 0.0713 e. The third kappa shape index (κ3) is 6.28. The van der Waals surface area contributed by atoms with Gasteiger partial charge in [0.1, 0.15) is 0 Å². The summed E-state index contributed by atoms with van der Waals surface area (Å²) in [4.78, 5) is 2.34. The van der Waals surface area contributed by atoms with Crippen LogP contribution in [0.4, 0.5) is 17.1 Å². The van der Waals surface area contributed by atoms with E-state index in [9.17, 15) is 0 Å². The van der Waals surface area contributed by atoms with Crippen molar-refractivity contribution in [2.45, 2.75) is 5.41 Å². The van der Waals surface area contributed by atoms with Gasteiger partial charge in [-0.05, 0) is 126 Å². The Morgan fingerprint density at radius 3 is 1.44 bits per heavy atom. The van der Waals surface area contributed by atoms with Crippen molar-refractivity contribution < 1.29 is 0 Å². The molecule has 1 aliphatic carbocycles. The molecule has 0 amide bonds. The number of anilines is 3. The van der Waals surface area contributed by atoms with Crippen LogP contribution in [0.25, 0.3) is 82.4 Å². The highest BCUT2D eigenvalue weighted by Gasteiger charge is 2.46. The summed E-state index contributed by atoms with van der Waals surface area (Å²) in [5.41, 5.74) is 18.7. The van der Waals surface area contributed by atoms with Crippen molar-refractivity contribution in [2.75, 3.05) is 4.90 Å². The first-order chi connectivity index (χ1) is 35.3. The lowest BCUT2D eigenvalue weighted by Gasteiger charge is -2.33. The number of nitrogens with zero attached hydrogens (tertiary/aromatic N) is 2. The molecular formula is C69H46N2. The van der Waals surface area contributed by atoms with Crippen LogP contribution in [0.15, 0.2) is 279 Å². The molecule has 0 N–H and O–H groups in total. The van der Waals surface area contributed by atoms with Gasteiger partial charge in [0.15, 0.2) is 0 Å². The van der Waals surface area contributed by atoms with Gasteiger partial charge in [0.2, 0.25) is 0 Å². The van der Waals surface area contributed by atoms with Crippen LogP contribution < -0.4 is 4.90 Å². The van der Waals surface area contributed by atoms with E-state index < -0.39 is 5.41 Å². The first-order valence-corrected chi connectivity index (χ1v) is 24.6. The third-order valence-electron chi connectivity index (χ3n) is 15.0. The predicted octanol–water partition coefficient (Wildman–Crippen LogP) is 18.3. The molecule has 0 saturated heterocycles. The van der Waals surface area contributed by atoms with E-state index in [1.54, 1.807) is 0 Å². The molecule has 13 aromatic rings. The van der Waals surface area contributed by atoms with E-state index in [4.69, 9.17) is 0 Å². The maximum absolute atomic E-state index is 2.57. The quantitative estimate of drug-likeness (QED) is 0.138. The van der Waals surface area contributed by atoms with Crippen LogP contribution in [0.1, 0.15) is 22.3 Å². The van der Waals surface area contributed by atoms with Gasteiger partial charge in [0, 0.05) is 38.9 Å². The molecule has 1 aliphatic rings. The molecule has 0 spiro atoms. The Hall–Kier alpha value is -9.24.